The molecule has 0 aromatic carbocycles. The third-order valence-corrected chi connectivity index (χ3v) is 5.68. The monoisotopic (exact) mass is 323 g/mol. The second-order valence-electron chi connectivity index (χ2n) is 4.41. The van der Waals surface area contributed by atoms with Crippen molar-refractivity contribution in [3.05, 3.63) is 15.8 Å². The van der Waals surface area contributed by atoms with Crippen LogP contribution in [0.3, 0.4) is 0 Å². The van der Waals surface area contributed by atoms with Crippen LogP contribution in [0, 0.1) is 6.92 Å². The van der Waals surface area contributed by atoms with Crippen molar-refractivity contribution in [1.82, 2.24) is 5.32 Å². The zero-order valence-electron chi connectivity index (χ0n) is 10.5. The molecular weight excluding hydrogens is 310 g/mol. The lowest BCUT2D eigenvalue weighted by atomic mass is 10.1. The lowest BCUT2D eigenvalue weighted by Crippen LogP contribution is -2.38. The molecule has 1 amide bonds. The fraction of sp³-hybridized carbons (Fsp3) is 0.545. The number of rotatable bonds is 3. The van der Waals surface area contributed by atoms with Crippen LogP contribution in [0.4, 0.5) is 0 Å². The van der Waals surface area contributed by atoms with E-state index in [1.54, 1.807) is 6.92 Å². The molecule has 5 nitrogen and oxygen atoms in total. The summed E-state index contributed by atoms with van der Waals surface area (Å²) in [4.78, 5) is 12.9. The van der Waals surface area contributed by atoms with Crippen molar-refractivity contribution < 1.29 is 17.9 Å². The number of ether oxygens (including phenoxy) is 1. The molecule has 2 rings (SSSR count). The van der Waals surface area contributed by atoms with Gasteiger partial charge in [0, 0.05) is 22.2 Å². The number of halogens is 1. The van der Waals surface area contributed by atoms with Crippen molar-refractivity contribution in [3.63, 3.8) is 0 Å². The number of hydrogen-bond donors (Lipinski definition) is 1. The van der Waals surface area contributed by atoms with E-state index in [0.717, 1.165) is 17.8 Å². The molecule has 0 aliphatic carbocycles. The molecule has 1 aliphatic rings. The summed E-state index contributed by atoms with van der Waals surface area (Å²) in [7, 11) is 1.50. The van der Waals surface area contributed by atoms with Crippen LogP contribution >= 0.6 is 22.0 Å². The molecular formula is C11H14ClNO4S2. The Kier molecular flexibility index (Phi) is 4.20. The highest BCUT2D eigenvalue weighted by Gasteiger charge is 2.27. The molecule has 1 aliphatic heterocycles. The molecule has 0 bridgehead atoms. The topological polar surface area (TPSA) is 72.5 Å². The van der Waals surface area contributed by atoms with Gasteiger partial charge in [-0.3, -0.25) is 4.79 Å². The van der Waals surface area contributed by atoms with Crippen LogP contribution in [0.5, 0.6) is 0 Å². The summed E-state index contributed by atoms with van der Waals surface area (Å²) < 4.78 is 28.0. The minimum Gasteiger partial charge on any atom is -0.376 e. The third-order valence-electron chi connectivity index (χ3n) is 3.05. The van der Waals surface area contributed by atoms with Crippen LogP contribution in [0.15, 0.2) is 11.0 Å². The zero-order chi connectivity index (χ0) is 14.2. The van der Waals surface area contributed by atoms with E-state index in [1.807, 2.05) is 6.92 Å². The van der Waals surface area contributed by atoms with E-state index >= 15 is 0 Å². The van der Waals surface area contributed by atoms with Crippen molar-refractivity contribution >= 4 is 37.0 Å². The van der Waals surface area contributed by atoms with Crippen LogP contribution in [0.1, 0.15) is 27.9 Å². The van der Waals surface area contributed by atoms with Crippen LogP contribution in [-0.2, 0) is 13.8 Å². The Morgan fingerprint density at radius 3 is 2.74 bits per heavy atom. The van der Waals surface area contributed by atoms with E-state index in [2.05, 4.69) is 5.32 Å². The summed E-state index contributed by atoms with van der Waals surface area (Å²) in [5, 5.41) is 2.85. The smallest absolute Gasteiger partial charge is 0.262 e. The van der Waals surface area contributed by atoms with E-state index in [0.29, 0.717) is 16.4 Å². The van der Waals surface area contributed by atoms with E-state index in [9.17, 15) is 13.2 Å². The highest BCUT2D eigenvalue weighted by Crippen LogP contribution is 2.28. The van der Waals surface area contributed by atoms with Crippen molar-refractivity contribution in [3.8, 4) is 0 Å². The van der Waals surface area contributed by atoms with Crippen molar-refractivity contribution in [1.29, 1.82) is 0 Å². The van der Waals surface area contributed by atoms with Crippen LogP contribution in [-0.4, -0.2) is 33.1 Å². The molecule has 1 aromatic rings. The molecule has 19 heavy (non-hydrogen) atoms. The third kappa shape index (κ3) is 3.28. The molecule has 2 heterocycles. The number of carbonyl (C=O) groups excluding carboxylic acids is 1. The molecule has 1 saturated heterocycles. The highest BCUT2D eigenvalue weighted by atomic mass is 35.7. The van der Waals surface area contributed by atoms with Gasteiger partial charge in [0.1, 0.15) is 0 Å². The molecule has 1 fully saturated rings. The maximum absolute atomic E-state index is 12.0. The largest absolute Gasteiger partial charge is 0.376 e. The lowest BCUT2D eigenvalue weighted by molar-refractivity contribution is 0.0869. The quantitative estimate of drug-likeness (QED) is 0.862. The van der Waals surface area contributed by atoms with Crippen molar-refractivity contribution in [2.45, 2.75) is 37.3 Å². The first kappa shape index (κ1) is 14.8. The minimum absolute atomic E-state index is 0.0000343. The first-order valence-electron chi connectivity index (χ1n) is 5.76. The van der Waals surface area contributed by atoms with Gasteiger partial charge in [0.25, 0.3) is 15.0 Å². The molecule has 106 valence electrons. The van der Waals surface area contributed by atoms with Gasteiger partial charge in [0.05, 0.1) is 21.9 Å². The van der Waals surface area contributed by atoms with E-state index in [4.69, 9.17) is 15.4 Å². The zero-order valence-corrected chi connectivity index (χ0v) is 12.9. The second-order valence-corrected chi connectivity index (χ2v) is 8.20. The summed E-state index contributed by atoms with van der Waals surface area (Å²) in [6.45, 7) is 4.14. The normalized spacial score (nSPS) is 23.5. The molecule has 1 aromatic heterocycles. The number of aryl methyl sites for hydroxylation is 1. The number of carbonyl (C=O) groups is 1. The Morgan fingerprint density at radius 2 is 2.26 bits per heavy atom. The Bertz CT molecular complexity index is 596. The van der Waals surface area contributed by atoms with E-state index in [-0.39, 0.29) is 22.9 Å². The standard InChI is InChI=1S/C11H14ClNO4S2/c1-6-8(3-4-17-6)13-11(14)9-5-10(7(2)18-9)19(12,15)16/h5-6,8H,3-4H2,1-2H3,(H,13,14). The van der Waals surface area contributed by atoms with Gasteiger partial charge in [-0.2, -0.15) is 0 Å². The first-order chi connectivity index (χ1) is 8.79. The Morgan fingerprint density at radius 1 is 1.58 bits per heavy atom. The summed E-state index contributed by atoms with van der Waals surface area (Å²) in [5.74, 6) is -0.290. The molecule has 1 N–H and O–H groups in total. The summed E-state index contributed by atoms with van der Waals surface area (Å²) in [6, 6.07) is 1.28. The average Bonchev–Trinajstić information content (AvgIpc) is 2.85. The molecule has 8 heteroatoms. The van der Waals surface area contributed by atoms with Gasteiger partial charge in [0.2, 0.25) is 0 Å². The predicted molar refractivity (Wildman–Crippen MR) is 73.4 cm³/mol. The van der Waals surface area contributed by atoms with Gasteiger partial charge in [-0.25, -0.2) is 8.42 Å². The van der Waals surface area contributed by atoms with Crippen LogP contribution in [0.2, 0.25) is 0 Å². The number of nitrogens with one attached hydrogen (secondary N) is 1. The van der Waals surface area contributed by atoms with Gasteiger partial charge in [-0.15, -0.1) is 11.3 Å². The van der Waals surface area contributed by atoms with Gasteiger partial charge in [-0.1, -0.05) is 0 Å². The van der Waals surface area contributed by atoms with Crippen molar-refractivity contribution in [2.75, 3.05) is 6.61 Å². The summed E-state index contributed by atoms with van der Waals surface area (Å²) in [6.07, 6.45) is 0.735. The first-order valence-corrected chi connectivity index (χ1v) is 8.89. The highest BCUT2D eigenvalue weighted by molar-refractivity contribution is 8.13. The lowest BCUT2D eigenvalue weighted by Gasteiger charge is -2.15. The number of thiophene rings is 1. The SMILES string of the molecule is Cc1sc(C(=O)NC2CCOC2C)cc1S(=O)(=O)Cl. The van der Waals surface area contributed by atoms with Crippen LogP contribution in [0.25, 0.3) is 0 Å². The molecule has 0 radical (unpaired) electrons. The molecule has 2 unspecified atom stereocenters. The Balaban J connectivity index is 2.16. The van der Waals surface area contributed by atoms with Crippen LogP contribution < -0.4 is 5.32 Å². The van der Waals surface area contributed by atoms with Gasteiger partial charge in [-0.05, 0) is 26.3 Å². The number of hydrogen-bond acceptors (Lipinski definition) is 5. The minimum atomic E-state index is -3.81. The van der Waals surface area contributed by atoms with E-state index in [1.165, 1.54) is 6.07 Å². The maximum atomic E-state index is 12.0. The van der Waals surface area contributed by atoms with Gasteiger partial charge in [0.15, 0.2) is 0 Å². The van der Waals surface area contributed by atoms with Gasteiger partial charge < -0.3 is 10.1 Å². The van der Waals surface area contributed by atoms with Gasteiger partial charge >= 0.3 is 0 Å². The Hall–Kier alpha value is -0.630. The fourth-order valence-corrected chi connectivity index (χ4v) is 4.55. The number of amides is 1. The molecule has 0 spiro atoms. The maximum Gasteiger partial charge on any atom is 0.262 e. The predicted octanol–water partition coefficient (Wildman–Crippen LogP) is 1.89. The fourth-order valence-electron chi connectivity index (χ4n) is 1.98. The van der Waals surface area contributed by atoms with E-state index < -0.39 is 9.05 Å². The summed E-state index contributed by atoms with van der Waals surface area (Å²) >= 11 is 1.12. The summed E-state index contributed by atoms with van der Waals surface area (Å²) in [5.41, 5.74) is 0. The molecule has 2 atom stereocenters. The second kappa shape index (κ2) is 5.40. The molecule has 0 saturated carbocycles. The average molecular weight is 324 g/mol. The van der Waals surface area contributed by atoms with Crippen molar-refractivity contribution in [2.24, 2.45) is 0 Å². The Labute approximate surface area is 120 Å².